The van der Waals surface area contributed by atoms with Gasteiger partial charge in [-0.15, -0.1) is 0 Å². The van der Waals surface area contributed by atoms with Gasteiger partial charge in [0.2, 0.25) is 0 Å². The highest BCUT2D eigenvalue weighted by Gasteiger charge is 2.31. The molecule has 0 aliphatic carbocycles. The van der Waals surface area contributed by atoms with Gasteiger partial charge in [-0.3, -0.25) is 9.59 Å². The molecule has 1 amide bonds. The number of nitrogens with one attached hydrogen (secondary N) is 2. The second-order valence-corrected chi connectivity index (χ2v) is 5.95. The van der Waals surface area contributed by atoms with Crippen LogP contribution in [0.1, 0.15) is 16.1 Å². The first-order valence-electron chi connectivity index (χ1n) is 8.43. The number of alkyl halides is 3. The molecule has 3 rings (SSSR count). The van der Waals surface area contributed by atoms with Gasteiger partial charge in [-0.25, -0.2) is 5.10 Å². The maximum absolute atomic E-state index is 13.1. The van der Waals surface area contributed by atoms with Crippen molar-refractivity contribution in [1.29, 1.82) is 0 Å². The zero-order valence-electron chi connectivity index (χ0n) is 15.2. The number of carbonyl (C=O) groups is 1. The van der Waals surface area contributed by atoms with Crippen LogP contribution in [0.2, 0.25) is 0 Å². The summed E-state index contributed by atoms with van der Waals surface area (Å²) in [5.74, 6) is -0.759. The molecule has 0 radical (unpaired) electrons. The number of aromatic nitrogens is 2. The maximum Gasteiger partial charge on any atom is 0.416 e. The fourth-order valence-corrected chi connectivity index (χ4v) is 2.63. The molecular formula is C19H16F3N3O4. The van der Waals surface area contributed by atoms with Gasteiger partial charge in [-0.2, -0.15) is 18.3 Å². The smallest absolute Gasteiger partial charge is 0.416 e. The molecule has 0 atom stereocenters. The fourth-order valence-electron chi connectivity index (χ4n) is 2.63. The van der Waals surface area contributed by atoms with E-state index < -0.39 is 23.2 Å². The molecule has 1 aromatic heterocycles. The third-order valence-corrected chi connectivity index (χ3v) is 4.01. The van der Waals surface area contributed by atoms with E-state index in [9.17, 15) is 22.8 Å². The number of fused-ring (bicyclic) bond motifs is 1. The normalized spacial score (nSPS) is 11.4. The zero-order chi connectivity index (χ0) is 21.0. The van der Waals surface area contributed by atoms with Crippen molar-refractivity contribution in [3.63, 3.8) is 0 Å². The van der Waals surface area contributed by atoms with Gasteiger partial charge >= 0.3 is 6.18 Å². The van der Waals surface area contributed by atoms with Crippen molar-refractivity contribution in [3.05, 3.63) is 64.1 Å². The number of hydrogen-bond acceptors (Lipinski definition) is 5. The van der Waals surface area contributed by atoms with Crippen molar-refractivity contribution < 1.29 is 27.4 Å². The van der Waals surface area contributed by atoms with Crippen LogP contribution in [0.4, 0.5) is 18.9 Å². The van der Waals surface area contributed by atoms with Gasteiger partial charge in [0.15, 0.2) is 5.69 Å². The first kappa shape index (κ1) is 20.3. The van der Waals surface area contributed by atoms with Crippen molar-refractivity contribution in [1.82, 2.24) is 10.2 Å². The van der Waals surface area contributed by atoms with Gasteiger partial charge in [0, 0.05) is 12.5 Å². The van der Waals surface area contributed by atoms with E-state index in [4.69, 9.17) is 9.47 Å². The predicted octanol–water partition coefficient (Wildman–Crippen LogP) is 3.22. The number of amides is 1. The number of benzene rings is 2. The summed E-state index contributed by atoms with van der Waals surface area (Å²) in [5.41, 5.74) is -1.76. The SMILES string of the molecule is COCCOc1ccc(C(F)(F)F)cc1NC(=O)c1n[nH]c(=O)c2ccccc12. The molecule has 0 spiro atoms. The molecule has 0 saturated carbocycles. The molecule has 10 heteroatoms. The van der Waals surface area contributed by atoms with Gasteiger partial charge in [0.25, 0.3) is 11.5 Å². The summed E-state index contributed by atoms with van der Waals surface area (Å²) < 4.78 is 49.5. The highest BCUT2D eigenvalue weighted by Crippen LogP contribution is 2.35. The van der Waals surface area contributed by atoms with Gasteiger partial charge in [-0.1, -0.05) is 18.2 Å². The van der Waals surface area contributed by atoms with Crippen LogP contribution in [0, 0.1) is 0 Å². The summed E-state index contributed by atoms with van der Waals surface area (Å²) in [6.45, 7) is 0.283. The molecule has 0 saturated heterocycles. The molecule has 0 fully saturated rings. The number of ether oxygens (including phenoxy) is 2. The minimum Gasteiger partial charge on any atom is -0.489 e. The molecule has 2 aromatic carbocycles. The van der Waals surface area contributed by atoms with E-state index in [2.05, 4.69) is 15.5 Å². The Kier molecular flexibility index (Phi) is 5.83. The molecule has 0 bridgehead atoms. The van der Waals surface area contributed by atoms with E-state index in [1.54, 1.807) is 12.1 Å². The zero-order valence-corrected chi connectivity index (χ0v) is 15.2. The Hall–Kier alpha value is -3.40. The molecule has 29 heavy (non-hydrogen) atoms. The predicted molar refractivity (Wildman–Crippen MR) is 99.1 cm³/mol. The number of methoxy groups -OCH3 is 1. The highest BCUT2D eigenvalue weighted by molar-refractivity contribution is 6.11. The molecule has 0 aliphatic rings. The third kappa shape index (κ3) is 4.54. The third-order valence-electron chi connectivity index (χ3n) is 4.01. The maximum atomic E-state index is 13.1. The average Bonchev–Trinajstić information content (AvgIpc) is 2.69. The van der Waals surface area contributed by atoms with Crippen LogP contribution in [-0.4, -0.2) is 36.4 Å². The van der Waals surface area contributed by atoms with Gasteiger partial charge in [0.1, 0.15) is 12.4 Å². The Labute approximate surface area is 162 Å². The van der Waals surface area contributed by atoms with Gasteiger partial charge in [-0.05, 0) is 24.3 Å². The highest BCUT2D eigenvalue weighted by atomic mass is 19.4. The summed E-state index contributed by atoms with van der Waals surface area (Å²) in [6, 6.07) is 9.01. The Bertz CT molecular complexity index is 1100. The van der Waals surface area contributed by atoms with E-state index in [-0.39, 0.29) is 41.1 Å². The number of hydrogen-bond donors (Lipinski definition) is 2. The standard InChI is InChI=1S/C19H16F3N3O4/c1-28-8-9-29-15-7-6-11(19(20,21)22)10-14(15)23-18(27)16-12-4-2-3-5-13(12)17(26)25-24-16/h2-7,10H,8-9H2,1H3,(H,23,27)(H,25,26). The van der Waals surface area contributed by atoms with E-state index in [1.165, 1.54) is 19.2 Å². The first-order valence-corrected chi connectivity index (χ1v) is 8.43. The molecule has 0 unspecified atom stereocenters. The largest absolute Gasteiger partial charge is 0.489 e. The first-order chi connectivity index (χ1) is 13.8. The number of H-pyrrole nitrogens is 1. The lowest BCUT2D eigenvalue weighted by Gasteiger charge is -2.15. The Morgan fingerprint density at radius 1 is 1.14 bits per heavy atom. The number of nitrogens with zero attached hydrogens (tertiary/aromatic N) is 1. The van der Waals surface area contributed by atoms with Crippen LogP contribution in [0.25, 0.3) is 10.8 Å². The Morgan fingerprint density at radius 2 is 1.86 bits per heavy atom. The lowest BCUT2D eigenvalue weighted by molar-refractivity contribution is -0.137. The van der Waals surface area contributed by atoms with Crippen LogP contribution in [0.3, 0.4) is 0 Å². The fraction of sp³-hybridized carbons (Fsp3) is 0.211. The molecular weight excluding hydrogens is 391 g/mol. The topological polar surface area (TPSA) is 93.3 Å². The van der Waals surface area contributed by atoms with Crippen molar-refractivity contribution >= 4 is 22.4 Å². The molecule has 1 heterocycles. The molecule has 3 aromatic rings. The number of halogens is 3. The van der Waals surface area contributed by atoms with Crippen molar-refractivity contribution in [2.45, 2.75) is 6.18 Å². The van der Waals surface area contributed by atoms with E-state index in [0.29, 0.717) is 0 Å². The van der Waals surface area contributed by atoms with E-state index in [1.807, 2.05) is 0 Å². The monoisotopic (exact) mass is 407 g/mol. The van der Waals surface area contributed by atoms with Crippen LogP contribution in [0.5, 0.6) is 5.75 Å². The summed E-state index contributed by atoms with van der Waals surface area (Å²) in [7, 11) is 1.45. The number of aromatic amines is 1. The average molecular weight is 407 g/mol. The Morgan fingerprint density at radius 3 is 2.55 bits per heavy atom. The van der Waals surface area contributed by atoms with Crippen LogP contribution in [-0.2, 0) is 10.9 Å². The van der Waals surface area contributed by atoms with Crippen LogP contribution in [0.15, 0.2) is 47.3 Å². The summed E-state index contributed by atoms with van der Waals surface area (Å²) in [5, 5.41) is 8.84. The van der Waals surface area contributed by atoms with Gasteiger partial charge < -0.3 is 14.8 Å². The lowest BCUT2D eigenvalue weighted by atomic mass is 10.1. The van der Waals surface area contributed by atoms with E-state index in [0.717, 1.165) is 18.2 Å². The molecule has 0 aliphatic heterocycles. The van der Waals surface area contributed by atoms with Crippen molar-refractivity contribution in [2.75, 3.05) is 25.6 Å². The summed E-state index contributed by atoms with van der Waals surface area (Å²) in [6.07, 6.45) is -4.60. The lowest BCUT2D eigenvalue weighted by Crippen LogP contribution is -2.20. The second kappa shape index (κ2) is 8.31. The summed E-state index contributed by atoms with van der Waals surface area (Å²) in [4.78, 5) is 24.6. The quantitative estimate of drug-likeness (QED) is 0.612. The van der Waals surface area contributed by atoms with Crippen molar-refractivity contribution in [2.24, 2.45) is 0 Å². The number of anilines is 1. The summed E-state index contributed by atoms with van der Waals surface area (Å²) >= 11 is 0. The number of rotatable bonds is 6. The molecule has 2 N–H and O–H groups in total. The van der Waals surface area contributed by atoms with Gasteiger partial charge in [0.05, 0.1) is 23.2 Å². The minimum absolute atomic E-state index is 0.0390. The molecule has 7 nitrogen and oxygen atoms in total. The number of carbonyl (C=O) groups excluding carboxylic acids is 1. The van der Waals surface area contributed by atoms with Crippen molar-refractivity contribution in [3.8, 4) is 5.75 Å². The molecule has 152 valence electrons. The van der Waals surface area contributed by atoms with Crippen LogP contribution < -0.4 is 15.6 Å². The Balaban J connectivity index is 1.98. The van der Waals surface area contributed by atoms with Crippen LogP contribution >= 0.6 is 0 Å². The second-order valence-electron chi connectivity index (χ2n) is 5.95. The van der Waals surface area contributed by atoms with E-state index >= 15 is 0 Å². The minimum atomic E-state index is -4.60.